The first-order chi connectivity index (χ1) is 7.31. The average Bonchev–Trinajstić information content (AvgIpc) is 2.17. The van der Waals surface area contributed by atoms with Crippen LogP contribution >= 0.6 is 0 Å². The van der Waals surface area contributed by atoms with Crippen molar-refractivity contribution in [1.29, 1.82) is 0 Å². The van der Waals surface area contributed by atoms with Gasteiger partial charge in [0.15, 0.2) is 0 Å². The predicted molar refractivity (Wildman–Crippen MR) is 60.4 cm³/mol. The van der Waals surface area contributed by atoms with Crippen LogP contribution in [0.2, 0.25) is 0 Å². The summed E-state index contributed by atoms with van der Waals surface area (Å²) in [6.07, 6.45) is 0.898. The molecule has 0 amide bonds. The Morgan fingerprint density at radius 3 is 2.53 bits per heavy atom. The first kappa shape index (κ1) is 11.9. The van der Waals surface area contributed by atoms with Gasteiger partial charge in [-0.05, 0) is 11.6 Å². The third-order valence-electron chi connectivity index (χ3n) is 2.30. The molecule has 0 unspecified atom stereocenters. The molecule has 0 radical (unpaired) electrons. The lowest BCUT2D eigenvalue weighted by atomic mass is 9.93. The summed E-state index contributed by atoms with van der Waals surface area (Å²) in [5.41, 5.74) is 2.05. The van der Waals surface area contributed by atoms with Gasteiger partial charge >= 0.3 is 0 Å². The van der Waals surface area contributed by atoms with Crippen LogP contribution < -0.4 is 5.32 Å². The highest BCUT2D eigenvalue weighted by Gasteiger charge is 2.18. The lowest BCUT2D eigenvalue weighted by molar-refractivity contribution is 0.112. The van der Waals surface area contributed by atoms with Crippen LogP contribution in [-0.4, -0.2) is 33.6 Å². The predicted octanol–water partition coefficient (Wildman–Crippen LogP) is 1.45. The van der Waals surface area contributed by atoms with E-state index in [0.717, 1.165) is 24.9 Å². The number of nitrogens with one attached hydrogen (secondary N) is 1. The molecule has 0 bridgehead atoms. The molecule has 3 nitrogen and oxygen atoms in total. The molecule has 1 saturated heterocycles. The topological polar surface area (TPSA) is 38.3 Å². The van der Waals surface area contributed by atoms with Gasteiger partial charge < -0.3 is 10.1 Å². The minimum Gasteiger partial charge on any atom is -0.388 e. The monoisotopic (exact) mass is 207 g/mol. The minimum absolute atomic E-state index is 0.616. The van der Waals surface area contributed by atoms with E-state index in [2.05, 4.69) is 16.1 Å². The summed E-state index contributed by atoms with van der Waals surface area (Å²) in [5, 5.41) is 3.21. The average molecular weight is 207 g/mol. The molecule has 1 fully saturated rings. The van der Waals surface area contributed by atoms with Gasteiger partial charge in [0, 0.05) is 38.8 Å². The Morgan fingerprint density at radius 1 is 1.40 bits per heavy atom. The van der Waals surface area contributed by atoms with E-state index in [0.29, 0.717) is 5.92 Å². The van der Waals surface area contributed by atoms with E-state index in [9.17, 15) is 4.79 Å². The van der Waals surface area contributed by atoms with Crippen LogP contribution in [0, 0.1) is 0 Å². The van der Waals surface area contributed by atoms with Gasteiger partial charge in [-0.25, -0.2) is 0 Å². The number of hydrogen-bond acceptors (Lipinski definition) is 3. The minimum atomic E-state index is 0.616. The van der Waals surface area contributed by atoms with Crippen molar-refractivity contribution in [2.45, 2.75) is 5.92 Å². The van der Waals surface area contributed by atoms with E-state index >= 15 is 0 Å². The van der Waals surface area contributed by atoms with E-state index in [1.54, 1.807) is 14.2 Å². The molecule has 1 aromatic carbocycles. The Bertz CT molecular complexity index is 308. The van der Waals surface area contributed by atoms with Crippen LogP contribution in [0.15, 0.2) is 24.3 Å². The quantitative estimate of drug-likeness (QED) is 0.746. The number of carbonyl (C=O) groups is 1. The molecule has 3 heteroatoms. The Kier molecular flexibility index (Phi) is 5.01. The third kappa shape index (κ3) is 3.46. The molecule has 1 aliphatic heterocycles. The van der Waals surface area contributed by atoms with Crippen molar-refractivity contribution in [3.8, 4) is 0 Å². The van der Waals surface area contributed by atoms with Crippen molar-refractivity contribution in [2.75, 3.05) is 27.3 Å². The summed E-state index contributed by atoms with van der Waals surface area (Å²) in [7, 11) is 3.25. The first-order valence-corrected chi connectivity index (χ1v) is 4.97. The molecule has 1 aromatic rings. The number of methoxy groups -OCH3 is 1. The van der Waals surface area contributed by atoms with E-state index < -0.39 is 0 Å². The molecule has 1 aliphatic rings. The Morgan fingerprint density at radius 2 is 2.07 bits per heavy atom. The molecule has 82 valence electrons. The molecule has 0 spiro atoms. The second-order valence-corrected chi connectivity index (χ2v) is 3.55. The van der Waals surface area contributed by atoms with E-state index in [1.165, 1.54) is 5.56 Å². The van der Waals surface area contributed by atoms with Crippen molar-refractivity contribution in [3.63, 3.8) is 0 Å². The summed E-state index contributed by atoms with van der Waals surface area (Å²) in [4.78, 5) is 10.5. The fourth-order valence-electron chi connectivity index (χ4n) is 1.41. The maximum Gasteiger partial charge on any atom is 0.150 e. The molecule has 0 atom stereocenters. The SMILES string of the molecule is COC.O=Cc1cccc(C2CNC2)c1. The van der Waals surface area contributed by atoms with Crippen molar-refractivity contribution in [1.82, 2.24) is 5.32 Å². The van der Waals surface area contributed by atoms with Gasteiger partial charge in [0.05, 0.1) is 0 Å². The summed E-state index contributed by atoms with van der Waals surface area (Å²) in [5.74, 6) is 0.616. The van der Waals surface area contributed by atoms with Crippen LogP contribution in [0.1, 0.15) is 21.8 Å². The standard InChI is InChI=1S/C10H11NO.C2H6O/c12-7-8-2-1-3-9(4-8)10-5-11-6-10;1-3-2/h1-4,7,10-11H,5-6H2;1-2H3. The van der Waals surface area contributed by atoms with E-state index in [-0.39, 0.29) is 0 Å². The number of hydrogen-bond donors (Lipinski definition) is 1. The molecule has 15 heavy (non-hydrogen) atoms. The van der Waals surface area contributed by atoms with Crippen LogP contribution in [0.4, 0.5) is 0 Å². The highest BCUT2D eigenvalue weighted by atomic mass is 16.4. The fourth-order valence-corrected chi connectivity index (χ4v) is 1.41. The van der Waals surface area contributed by atoms with Crippen LogP contribution in [-0.2, 0) is 4.74 Å². The molecule has 0 aromatic heterocycles. The third-order valence-corrected chi connectivity index (χ3v) is 2.30. The summed E-state index contributed by atoms with van der Waals surface area (Å²) in [6, 6.07) is 7.83. The van der Waals surface area contributed by atoms with Gasteiger partial charge in [-0.3, -0.25) is 4.79 Å². The van der Waals surface area contributed by atoms with Gasteiger partial charge in [-0.2, -0.15) is 0 Å². The maximum absolute atomic E-state index is 10.5. The summed E-state index contributed by atoms with van der Waals surface area (Å²) >= 11 is 0. The van der Waals surface area contributed by atoms with Crippen molar-refractivity contribution < 1.29 is 9.53 Å². The zero-order chi connectivity index (χ0) is 11.1. The lowest BCUT2D eigenvalue weighted by Crippen LogP contribution is -2.39. The van der Waals surface area contributed by atoms with Crippen LogP contribution in [0.5, 0.6) is 0 Å². The number of rotatable bonds is 2. The molecule has 1 N–H and O–H groups in total. The van der Waals surface area contributed by atoms with E-state index in [1.807, 2.05) is 18.2 Å². The van der Waals surface area contributed by atoms with Gasteiger partial charge in [0.1, 0.15) is 6.29 Å². The van der Waals surface area contributed by atoms with Crippen LogP contribution in [0.3, 0.4) is 0 Å². The Hall–Kier alpha value is -1.19. The molecule has 2 rings (SSSR count). The Balaban J connectivity index is 0.000000337. The number of aldehydes is 1. The number of carbonyl (C=O) groups excluding carboxylic acids is 1. The van der Waals surface area contributed by atoms with Crippen LogP contribution in [0.25, 0.3) is 0 Å². The van der Waals surface area contributed by atoms with E-state index in [4.69, 9.17) is 0 Å². The highest BCUT2D eigenvalue weighted by molar-refractivity contribution is 5.75. The molecular weight excluding hydrogens is 190 g/mol. The zero-order valence-corrected chi connectivity index (χ0v) is 9.19. The lowest BCUT2D eigenvalue weighted by Gasteiger charge is -2.27. The molecule has 0 saturated carbocycles. The van der Waals surface area contributed by atoms with Crippen molar-refractivity contribution >= 4 is 6.29 Å². The van der Waals surface area contributed by atoms with Crippen molar-refractivity contribution in [3.05, 3.63) is 35.4 Å². The zero-order valence-electron chi connectivity index (χ0n) is 9.19. The first-order valence-electron chi connectivity index (χ1n) is 4.97. The van der Waals surface area contributed by atoms with Crippen molar-refractivity contribution in [2.24, 2.45) is 0 Å². The fraction of sp³-hybridized carbons (Fsp3) is 0.417. The second-order valence-electron chi connectivity index (χ2n) is 3.55. The smallest absolute Gasteiger partial charge is 0.150 e. The van der Waals surface area contributed by atoms with Gasteiger partial charge in [0.25, 0.3) is 0 Å². The molecular formula is C12H17NO2. The molecule has 1 heterocycles. The number of ether oxygens (including phenoxy) is 1. The normalized spacial score (nSPS) is 14.8. The summed E-state index contributed by atoms with van der Waals surface area (Å²) < 4.78 is 4.25. The highest BCUT2D eigenvalue weighted by Crippen LogP contribution is 2.19. The number of benzene rings is 1. The second kappa shape index (κ2) is 6.32. The largest absolute Gasteiger partial charge is 0.388 e. The summed E-state index contributed by atoms with van der Waals surface area (Å²) in [6.45, 7) is 2.09. The van der Waals surface area contributed by atoms with Gasteiger partial charge in [0.2, 0.25) is 0 Å². The van der Waals surface area contributed by atoms with Gasteiger partial charge in [-0.15, -0.1) is 0 Å². The Labute approximate surface area is 90.4 Å². The molecule has 0 aliphatic carbocycles. The van der Waals surface area contributed by atoms with Gasteiger partial charge in [-0.1, -0.05) is 18.2 Å². The maximum atomic E-state index is 10.5.